The monoisotopic (exact) mass is 231 g/mol. The molecule has 0 fully saturated rings. The third kappa shape index (κ3) is 9.07. The van der Waals surface area contributed by atoms with Crippen molar-refractivity contribution in [3.05, 3.63) is 0 Å². The van der Waals surface area contributed by atoms with Crippen molar-refractivity contribution in [2.24, 2.45) is 16.1 Å². The smallest absolute Gasteiger partial charge is 0.441 e. The maximum absolute atomic E-state index is 11.0. The van der Waals surface area contributed by atoms with Crippen molar-refractivity contribution in [2.45, 2.75) is 39.2 Å². The normalized spacial score (nSPS) is 11.5. The van der Waals surface area contributed by atoms with Crippen LogP contribution in [0.4, 0.5) is 4.79 Å². The van der Waals surface area contributed by atoms with Gasteiger partial charge in [0.2, 0.25) is 0 Å². The molecule has 0 bridgehead atoms. The summed E-state index contributed by atoms with van der Waals surface area (Å²) in [4.78, 5) is 25.5. The van der Waals surface area contributed by atoms with Gasteiger partial charge in [-0.3, -0.25) is 4.79 Å². The third-order valence-electron chi connectivity index (χ3n) is 1.32. The number of nitrogens with zero attached hydrogens (tertiary/aromatic N) is 2. The second-order valence-corrected chi connectivity index (χ2v) is 4.04. The van der Waals surface area contributed by atoms with Crippen LogP contribution in [0.5, 0.6) is 0 Å². The van der Waals surface area contributed by atoms with Crippen LogP contribution in [0.2, 0.25) is 0 Å². The van der Waals surface area contributed by atoms with E-state index in [4.69, 9.17) is 4.74 Å². The molecule has 0 atom stereocenters. The molecule has 0 aromatic rings. The highest BCUT2D eigenvalue weighted by Gasteiger charge is 2.15. The molecule has 0 saturated heterocycles. The Morgan fingerprint density at radius 2 is 1.94 bits per heavy atom. The fraction of sp³-hybridized carbons (Fsp3) is 0.778. The predicted molar refractivity (Wildman–Crippen MR) is 55.5 cm³/mol. The van der Waals surface area contributed by atoms with E-state index < -0.39 is 17.7 Å². The van der Waals surface area contributed by atoms with E-state index in [9.17, 15) is 9.59 Å². The summed E-state index contributed by atoms with van der Waals surface area (Å²) in [6, 6.07) is 0. The molecule has 7 heteroatoms. The Labute approximate surface area is 93.9 Å². The predicted octanol–water partition coefficient (Wildman–Crippen LogP) is 1.57. The number of azo groups is 1. The molecule has 0 aliphatic carbocycles. The summed E-state index contributed by atoms with van der Waals surface area (Å²) in [5, 5.41) is 6.88. The van der Waals surface area contributed by atoms with Crippen molar-refractivity contribution >= 4 is 12.1 Å². The van der Waals surface area contributed by atoms with Crippen LogP contribution in [-0.4, -0.2) is 24.2 Å². The van der Waals surface area contributed by atoms with Gasteiger partial charge in [-0.25, -0.2) is 4.79 Å². The van der Waals surface area contributed by atoms with Crippen LogP contribution in [0.25, 0.3) is 0 Å². The summed E-state index contributed by atoms with van der Waals surface area (Å²) >= 11 is 0. The zero-order chi connectivity index (χ0) is 12.6. The number of carbonyl (C=O) groups is 2. The summed E-state index contributed by atoms with van der Waals surface area (Å²) < 4.78 is 4.88. The van der Waals surface area contributed by atoms with Crippen LogP contribution >= 0.6 is 0 Å². The van der Waals surface area contributed by atoms with Gasteiger partial charge in [-0.2, -0.15) is 11.0 Å². The molecule has 0 saturated carbocycles. The average molecular weight is 231 g/mol. The molecule has 7 nitrogen and oxygen atoms in total. The van der Waals surface area contributed by atoms with Gasteiger partial charge < -0.3 is 9.57 Å². The standard InChI is InChI=1S/C9H17N3O4/c1-9(2,3)15-8(14)12-11-6-4-5-7(13)16-10/h4-6,10H2,1-3H3. The molecule has 0 aromatic carbocycles. The van der Waals surface area contributed by atoms with Crippen molar-refractivity contribution in [2.75, 3.05) is 6.54 Å². The van der Waals surface area contributed by atoms with Crippen molar-refractivity contribution in [1.29, 1.82) is 0 Å². The fourth-order valence-electron chi connectivity index (χ4n) is 0.743. The minimum atomic E-state index is -0.742. The molecule has 0 heterocycles. The van der Waals surface area contributed by atoms with Gasteiger partial charge in [-0.15, -0.1) is 0 Å². The molecule has 0 aromatic heterocycles. The number of hydrogen-bond donors (Lipinski definition) is 1. The molecule has 16 heavy (non-hydrogen) atoms. The lowest BCUT2D eigenvalue weighted by Crippen LogP contribution is -2.21. The van der Waals surface area contributed by atoms with Gasteiger partial charge in [0.15, 0.2) is 0 Å². The summed E-state index contributed by atoms with van der Waals surface area (Å²) in [6.07, 6.45) is -0.180. The van der Waals surface area contributed by atoms with Gasteiger partial charge in [0.1, 0.15) is 5.60 Å². The number of ether oxygens (including phenoxy) is 1. The Morgan fingerprint density at radius 3 is 2.44 bits per heavy atom. The second-order valence-electron chi connectivity index (χ2n) is 4.04. The SMILES string of the molecule is CC(C)(C)OC(=O)N=NCCCC(=O)ON. The molecule has 0 radical (unpaired) electrons. The van der Waals surface area contributed by atoms with E-state index in [-0.39, 0.29) is 13.0 Å². The number of amides is 1. The first kappa shape index (κ1) is 14.5. The lowest BCUT2D eigenvalue weighted by molar-refractivity contribution is -0.144. The van der Waals surface area contributed by atoms with Crippen LogP contribution in [0, 0.1) is 0 Å². The first-order valence-corrected chi connectivity index (χ1v) is 4.85. The molecule has 0 unspecified atom stereocenters. The number of nitrogens with two attached hydrogens (primary N) is 1. The lowest BCUT2D eigenvalue weighted by Gasteiger charge is -2.16. The van der Waals surface area contributed by atoms with Crippen molar-refractivity contribution in [1.82, 2.24) is 0 Å². The maximum atomic E-state index is 11.0. The zero-order valence-electron chi connectivity index (χ0n) is 9.73. The largest absolute Gasteiger partial charge is 0.452 e. The molecule has 92 valence electrons. The van der Waals surface area contributed by atoms with Gasteiger partial charge >= 0.3 is 12.1 Å². The molecule has 1 amide bonds. The van der Waals surface area contributed by atoms with Crippen LogP contribution in [-0.2, 0) is 14.4 Å². The molecule has 0 spiro atoms. The Balaban J connectivity index is 3.69. The van der Waals surface area contributed by atoms with E-state index in [1.165, 1.54) is 0 Å². The topological polar surface area (TPSA) is 103 Å². The number of hydrogen-bond acceptors (Lipinski definition) is 6. The van der Waals surface area contributed by atoms with E-state index in [0.29, 0.717) is 6.42 Å². The van der Waals surface area contributed by atoms with Crippen LogP contribution in [0.3, 0.4) is 0 Å². The fourth-order valence-corrected chi connectivity index (χ4v) is 0.743. The lowest BCUT2D eigenvalue weighted by atomic mass is 10.2. The molecular formula is C9H17N3O4. The number of carbonyl (C=O) groups excluding carboxylic acids is 2. The molecule has 0 aliphatic heterocycles. The zero-order valence-corrected chi connectivity index (χ0v) is 9.73. The van der Waals surface area contributed by atoms with Gasteiger partial charge in [-0.05, 0) is 27.2 Å². The van der Waals surface area contributed by atoms with Crippen LogP contribution in [0.1, 0.15) is 33.6 Å². The second kappa shape index (κ2) is 6.89. The van der Waals surface area contributed by atoms with E-state index in [1.54, 1.807) is 20.8 Å². The highest BCUT2D eigenvalue weighted by atomic mass is 16.7. The van der Waals surface area contributed by atoms with E-state index in [1.807, 2.05) is 0 Å². The van der Waals surface area contributed by atoms with Crippen molar-refractivity contribution in [3.8, 4) is 0 Å². The van der Waals surface area contributed by atoms with E-state index in [0.717, 1.165) is 0 Å². The summed E-state index contributed by atoms with van der Waals surface area (Å²) in [6.45, 7) is 5.45. The third-order valence-corrected chi connectivity index (χ3v) is 1.32. The number of rotatable bonds is 4. The average Bonchev–Trinajstić information content (AvgIpc) is 2.14. The molecule has 0 rings (SSSR count). The Hall–Kier alpha value is -1.50. The van der Waals surface area contributed by atoms with Gasteiger partial charge in [0.25, 0.3) is 0 Å². The summed E-state index contributed by atoms with van der Waals surface area (Å²) in [7, 11) is 0. The highest BCUT2D eigenvalue weighted by molar-refractivity contribution is 5.69. The minimum absolute atomic E-state index is 0.143. The van der Waals surface area contributed by atoms with E-state index >= 15 is 0 Å². The van der Waals surface area contributed by atoms with E-state index in [2.05, 4.69) is 21.0 Å². The molecule has 2 N–H and O–H groups in total. The van der Waals surface area contributed by atoms with Gasteiger partial charge in [0, 0.05) is 6.42 Å². The summed E-state index contributed by atoms with van der Waals surface area (Å²) in [5.74, 6) is 4.11. The Bertz CT molecular complexity index is 270. The van der Waals surface area contributed by atoms with Crippen molar-refractivity contribution < 1.29 is 19.2 Å². The van der Waals surface area contributed by atoms with Gasteiger partial charge in [-0.1, -0.05) is 5.11 Å². The Kier molecular flexibility index (Phi) is 6.24. The maximum Gasteiger partial charge on any atom is 0.452 e. The first-order chi connectivity index (χ1) is 7.35. The first-order valence-electron chi connectivity index (χ1n) is 4.85. The summed E-state index contributed by atoms with van der Waals surface area (Å²) in [5.41, 5.74) is -0.584. The molecular weight excluding hydrogens is 214 g/mol. The van der Waals surface area contributed by atoms with Crippen LogP contribution < -0.4 is 5.90 Å². The minimum Gasteiger partial charge on any atom is -0.441 e. The van der Waals surface area contributed by atoms with Crippen LogP contribution in [0.15, 0.2) is 10.2 Å². The molecule has 0 aliphatic rings. The Morgan fingerprint density at radius 1 is 1.31 bits per heavy atom. The highest BCUT2D eigenvalue weighted by Crippen LogP contribution is 2.08. The quantitative estimate of drug-likeness (QED) is 0.449. The van der Waals surface area contributed by atoms with Gasteiger partial charge in [0.05, 0.1) is 6.54 Å². The van der Waals surface area contributed by atoms with Crippen molar-refractivity contribution in [3.63, 3.8) is 0 Å².